The van der Waals surface area contributed by atoms with Crippen molar-refractivity contribution in [2.24, 2.45) is 0 Å². The van der Waals surface area contributed by atoms with Crippen LogP contribution in [0.5, 0.6) is 11.5 Å². The van der Waals surface area contributed by atoms with E-state index in [1.165, 1.54) is 31.3 Å². The van der Waals surface area contributed by atoms with Gasteiger partial charge in [-0.05, 0) is 30.2 Å². The van der Waals surface area contributed by atoms with E-state index in [2.05, 4.69) is 0 Å². The van der Waals surface area contributed by atoms with Gasteiger partial charge in [-0.1, -0.05) is 35.3 Å². The Morgan fingerprint density at radius 1 is 1.03 bits per heavy atom. The molecule has 1 heterocycles. The van der Waals surface area contributed by atoms with Gasteiger partial charge in [-0.15, -0.1) is 0 Å². The Labute approximate surface area is 196 Å². The Hall–Kier alpha value is -2.74. The van der Waals surface area contributed by atoms with E-state index < -0.39 is 17.7 Å². The van der Waals surface area contributed by atoms with Crippen molar-refractivity contribution >= 4 is 40.7 Å². The van der Waals surface area contributed by atoms with Gasteiger partial charge >= 0.3 is 0 Å². The van der Waals surface area contributed by atoms with E-state index in [0.29, 0.717) is 29.4 Å². The van der Waals surface area contributed by atoms with Crippen molar-refractivity contribution in [2.75, 3.05) is 34.5 Å². The molecule has 7 nitrogen and oxygen atoms in total. The topological polar surface area (TPSA) is 85.3 Å². The van der Waals surface area contributed by atoms with E-state index in [1.807, 2.05) is 0 Å². The number of rotatable bonds is 8. The molecule has 32 heavy (non-hydrogen) atoms. The lowest BCUT2D eigenvalue weighted by Crippen LogP contribution is -2.31. The number of methoxy groups -OCH3 is 3. The maximum atomic E-state index is 13.1. The van der Waals surface area contributed by atoms with E-state index >= 15 is 0 Å². The van der Waals surface area contributed by atoms with Crippen LogP contribution in [0.25, 0.3) is 5.76 Å². The number of nitrogens with zero attached hydrogens (tertiary/aromatic N) is 1. The summed E-state index contributed by atoms with van der Waals surface area (Å²) in [5.74, 6) is -1.31. The average molecular weight is 480 g/mol. The summed E-state index contributed by atoms with van der Waals surface area (Å²) < 4.78 is 15.7. The third-order valence-electron chi connectivity index (χ3n) is 5.20. The number of aliphatic hydroxyl groups is 1. The fraction of sp³-hybridized carbons (Fsp3) is 0.304. The monoisotopic (exact) mass is 479 g/mol. The number of Topliss-reactive ketones (excluding diaryl/α,β-unsaturated/α-hetero) is 1. The van der Waals surface area contributed by atoms with Gasteiger partial charge in [0.25, 0.3) is 11.7 Å². The van der Waals surface area contributed by atoms with Gasteiger partial charge in [0.2, 0.25) is 0 Å². The molecule has 1 N–H and O–H groups in total. The van der Waals surface area contributed by atoms with Crippen LogP contribution in [0.15, 0.2) is 42.0 Å². The first-order chi connectivity index (χ1) is 15.3. The third-order valence-corrected chi connectivity index (χ3v) is 5.75. The van der Waals surface area contributed by atoms with Gasteiger partial charge in [0.1, 0.15) is 17.3 Å². The largest absolute Gasteiger partial charge is 0.507 e. The van der Waals surface area contributed by atoms with Gasteiger partial charge < -0.3 is 24.2 Å². The molecule has 0 radical (unpaired) electrons. The normalized spacial score (nSPS) is 17.7. The highest BCUT2D eigenvalue weighted by atomic mass is 35.5. The molecule has 170 valence electrons. The summed E-state index contributed by atoms with van der Waals surface area (Å²) in [5, 5.41) is 12.0. The minimum Gasteiger partial charge on any atom is -0.507 e. The van der Waals surface area contributed by atoms with Crippen LogP contribution in [0.3, 0.4) is 0 Å². The molecule has 1 aliphatic heterocycles. The lowest BCUT2D eigenvalue weighted by Gasteiger charge is -2.25. The van der Waals surface area contributed by atoms with Crippen molar-refractivity contribution in [3.8, 4) is 11.5 Å². The van der Waals surface area contributed by atoms with E-state index in [-0.39, 0.29) is 34.2 Å². The number of hydrogen-bond acceptors (Lipinski definition) is 6. The highest BCUT2D eigenvalue weighted by molar-refractivity contribution is 6.46. The summed E-state index contributed by atoms with van der Waals surface area (Å²) in [6.07, 6.45) is 0.519. The number of carbonyl (C=O) groups excluding carboxylic acids is 2. The van der Waals surface area contributed by atoms with E-state index in [1.54, 1.807) is 31.4 Å². The summed E-state index contributed by atoms with van der Waals surface area (Å²) in [7, 11) is 4.43. The summed E-state index contributed by atoms with van der Waals surface area (Å²) in [6, 6.07) is 8.89. The fourth-order valence-electron chi connectivity index (χ4n) is 3.67. The van der Waals surface area contributed by atoms with Gasteiger partial charge in [0.15, 0.2) is 0 Å². The van der Waals surface area contributed by atoms with Crippen LogP contribution >= 0.6 is 23.2 Å². The highest BCUT2D eigenvalue weighted by Crippen LogP contribution is 2.43. The molecule has 1 unspecified atom stereocenters. The van der Waals surface area contributed by atoms with E-state index in [9.17, 15) is 14.7 Å². The molecule has 2 aromatic carbocycles. The number of halogens is 2. The van der Waals surface area contributed by atoms with Crippen LogP contribution in [0.4, 0.5) is 0 Å². The summed E-state index contributed by atoms with van der Waals surface area (Å²) in [6.45, 7) is 0.682. The molecule has 1 fully saturated rings. The second-order valence-corrected chi connectivity index (χ2v) is 7.92. The summed E-state index contributed by atoms with van der Waals surface area (Å²) in [5.41, 5.74) is 0.743. The smallest absolute Gasteiger partial charge is 0.295 e. The van der Waals surface area contributed by atoms with Gasteiger partial charge in [0.05, 0.1) is 36.4 Å². The first kappa shape index (κ1) is 23.9. The van der Waals surface area contributed by atoms with Crippen molar-refractivity contribution in [1.29, 1.82) is 0 Å². The van der Waals surface area contributed by atoms with Gasteiger partial charge in [-0.25, -0.2) is 0 Å². The highest BCUT2D eigenvalue weighted by Gasteiger charge is 2.46. The van der Waals surface area contributed by atoms with Crippen molar-refractivity contribution in [1.82, 2.24) is 4.90 Å². The minimum absolute atomic E-state index is 0.0609. The van der Waals surface area contributed by atoms with Crippen molar-refractivity contribution < 1.29 is 28.9 Å². The van der Waals surface area contributed by atoms with Gasteiger partial charge in [0, 0.05) is 31.4 Å². The maximum Gasteiger partial charge on any atom is 0.295 e. The Kier molecular flexibility index (Phi) is 7.66. The molecule has 0 aliphatic carbocycles. The molecule has 0 spiro atoms. The molecule has 0 aromatic heterocycles. The first-order valence-corrected chi connectivity index (χ1v) is 10.5. The van der Waals surface area contributed by atoms with Crippen LogP contribution in [0, 0.1) is 0 Å². The zero-order valence-corrected chi connectivity index (χ0v) is 19.4. The number of ketones is 1. The number of amides is 1. The zero-order valence-electron chi connectivity index (χ0n) is 17.9. The summed E-state index contributed by atoms with van der Waals surface area (Å²) >= 11 is 12.3. The Morgan fingerprint density at radius 3 is 2.28 bits per heavy atom. The van der Waals surface area contributed by atoms with Crippen LogP contribution < -0.4 is 9.47 Å². The Balaban J connectivity index is 2.20. The predicted octanol–water partition coefficient (Wildman–Crippen LogP) is 4.47. The SMILES string of the molecule is COCCCN1C(=O)C(=O)/C(=C(/O)c2cc(Cl)c(OC)cc2OC)C1c1ccc(Cl)cc1. The van der Waals surface area contributed by atoms with Crippen LogP contribution in [-0.4, -0.2) is 56.2 Å². The Morgan fingerprint density at radius 2 is 1.69 bits per heavy atom. The average Bonchev–Trinajstić information content (AvgIpc) is 3.04. The number of carbonyl (C=O) groups is 2. The van der Waals surface area contributed by atoms with Crippen molar-refractivity contribution in [3.63, 3.8) is 0 Å². The molecule has 9 heteroatoms. The number of hydrogen-bond donors (Lipinski definition) is 1. The maximum absolute atomic E-state index is 13.1. The van der Waals surface area contributed by atoms with Crippen molar-refractivity contribution in [2.45, 2.75) is 12.5 Å². The molecular weight excluding hydrogens is 457 g/mol. The molecule has 0 bridgehead atoms. The summed E-state index contributed by atoms with van der Waals surface area (Å²) in [4.78, 5) is 27.4. The molecule has 2 aromatic rings. The molecule has 3 rings (SSSR count). The van der Waals surface area contributed by atoms with E-state index in [0.717, 1.165) is 0 Å². The molecule has 1 atom stereocenters. The van der Waals surface area contributed by atoms with E-state index in [4.69, 9.17) is 37.4 Å². The molecule has 1 amide bonds. The minimum atomic E-state index is -0.810. The second kappa shape index (κ2) is 10.3. The molecular formula is C23H23Cl2NO6. The lowest BCUT2D eigenvalue weighted by atomic mass is 9.95. The van der Waals surface area contributed by atoms with Crippen LogP contribution in [-0.2, 0) is 14.3 Å². The van der Waals surface area contributed by atoms with Crippen LogP contribution in [0.1, 0.15) is 23.6 Å². The number of likely N-dealkylation sites (tertiary alicyclic amines) is 1. The fourth-order valence-corrected chi connectivity index (χ4v) is 4.04. The van der Waals surface area contributed by atoms with Crippen molar-refractivity contribution in [3.05, 3.63) is 63.1 Å². The standard InChI is InChI=1S/C23H23Cl2NO6/c1-30-10-4-9-26-20(13-5-7-14(24)8-6-13)19(22(28)23(26)29)21(27)15-11-16(25)18(32-3)12-17(15)31-2/h5-8,11-12,20,27H,4,9-10H2,1-3H3/b21-19+. The second-order valence-electron chi connectivity index (χ2n) is 7.08. The quantitative estimate of drug-likeness (QED) is 0.260. The number of aliphatic hydroxyl groups excluding tert-OH is 1. The zero-order chi connectivity index (χ0) is 23.4. The number of benzene rings is 2. The molecule has 1 aliphatic rings. The molecule has 1 saturated heterocycles. The van der Waals surface area contributed by atoms with Gasteiger partial charge in [-0.2, -0.15) is 0 Å². The number of ether oxygens (including phenoxy) is 3. The third kappa shape index (κ3) is 4.55. The molecule has 0 saturated carbocycles. The lowest BCUT2D eigenvalue weighted by molar-refractivity contribution is -0.140. The van der Waals surface area contributed by atoms with Gasteiger partial charge in [-0.3, -0.25) is 9.59 Å². The predicted molar refractivity (Wildman–Crippen MR) is 122 cm³/mol. The first-order valence-electron chi connectivity index (χ1n) is 9.78. The van der Waals surface area contributed by atoms with Crippen LogP contribution in [0.2, 0.25) is 10.0 Å². The Bertz CT molecular complexity index is 1050.